The molecule has 0 aromatic heterocycles. The lowest BCUT2D eigenvalue weighted by Gasteiger charge is -2.36. The highest BCUT2D eigenvalue weighted by Gasteiger charge is 2.29. The van der Waals surface area contributed by atoms with Gasteiger partial charge in [0.2, 0.25) is 11.8 Å². The molecule has 1 aromatic carbocycles. The lowest BCUT2D eigenvalue weighted by atomic mass is 10.0. The average Bonchev–Trinajstić information content (AvgIpc) is 2.77. The third-order valence-corrected chi connectivity index (χ3v) is 5.67. The Morgan fingerprint density at radius 2 is 1.90 bits per heavy atom. The quantitative estimate of drug-likeness (QED) is 0.789. The minimum atomic E-state index is -0.236. The van der Waals surface area contributed by atoms with Crippen LogP contribution in [-0.2, 0) is 14.3 Å². The molecule has 3 amide bonds. The van der Waals surface area contributed by atoms with Crippen molar-refractivity contribution in [3.05, 3.63) is 23.8 Å². The molecule has 0 radical (unpaired) electrons. The van der Waals surface area contributed by atoms with Crippen molar-refractivity contribution < 1.29 is 23.9 Å². The van der Waals surface area contributed by atoms with Crippen LogP contribution in [0.2, 0.25) is 0 Å². The van der Waals surface area contributed by atoms with Crippen LogP contribution in [0.15, 0.2) is 18.2 Å². The van der Waals surface area contributed by atoms with Gasteiger partial charge in [-0.15, -0.1) is 0 Å². The maximum atomic E-state index is 13.2. The summed E-state index contributed by atoms with van der Waals surface area (Å²) in [5.41, 5.74) is 0.899. The van der Waals surface area contributed by atoms with Crippen LogP contribution >= 0.6 is 0 Å². The summed E-state index contributed by atoms with van der Waals surface area (Å²) in [6.45, 7) is 8.71. The minimum Gasteiger partial charge on any atom is -0.491 e. The highest BCUT2D eigenvalue weighted by molar-refractivity contribution is 5.99. The van der Waals surface area contributed by atoms with Gasteiger partial charge in [0.25, 0.3) is 5.91 Å². The Balaban J connectivity index is 2.45. The molecule has 1 aliphatic heterocycles. The molecule has 3 atom stereocenters. The Bertz CT molecular complexity index is 797. The Labute approximate surface area is 184 Å². The second kappa shape index (κ2) is 11.1. The van der Waals surface area contributed by atoms with Gasteiger partial charge in [0.15, 0.2) is 0 Å². The molecule has 0 bridgehead atoms. The van der Waals surface area contributed by atoms with Gasteiger partial charge in [0.1, 0.15) is 12.4 Å². The molecule has 0 unspecified atom stereocenters. The number of likely N-dealkylation sites (N-methyl/N-ethyl adjacent to an activating group) is 1. The smallest absolute Gasteiger partial charge is 0.257 e. The van der Waals surface area contributed by atoms with Gasteiger partial charge < -0.3 is 24.6 Å². The van der Waals surface area contributed by atoms with Crippen molar-refractivity contribution in [1.29, 1.82) is 0 Å². The molecule has 0 fully saturated rings. The number of rotatable bonds is 4. The molecule has 0 spiro atoms. The maximum Gasteiger partial charge on any atom is 0.257 e. The fourth-order valence-electron chi connectivity index (χ4n) is 3.65. The maximum absolute atomic E-state index is 13.2. The number of benzene rings is 1. The summed E-state index contributed by atoms with van der Waals surface area (Å²) < 4.78 is 11.7. The molecule has 0 aliphatic carbocycles. The SMILES string of the molecule is CCC(=O)Nc1ccc2c(c1)C(=O)N(C)C[C@@H](OC)[C@H](C)CN(C(=O)CC)[C@@H](C)CO2. The zero-order valence-corrected chi connectivity index (χ0v) is 19.4. The van der Waals surface area contributed by atoms with Crippen molar-refractivity contribution in [2.24, 2.45) is 5.92 Å². The second-order valence-electron chi connectivity index (χ2n) is 8.11. The van der Waals surface area contributed by atoms with Crippen molar-refractivity contribution >= 4 is 23.4 Å². The first kappa shape index (κ1) is 24.7. The molecule has 0 saturated heterocycles. The van der Waals surface area contributed by atoms with Crippen LogP contribution in [0.5, 0.6) is 5.75 Å². The fraction of sp³-hybridized carbons (Fsp3) is 0.609. The molecule has 31 heavy (non-hydrogen) atoms. The van der Waals surface area contributed by atoms with Gasteiger partial charge in [-0.25, -0.2) is 0 Å². The Morgan fingerprint density at radius 3 is 2.52 bits per heavy atom. The van der Waals surface area contributed by atoms with E-state index in [0.717, 1.165) is 0 Å². The third-order valence-electron chi connectivity index (χ3n) is 5.67. The standard InChI is InChI=1S/C23H35N3O5/c1-7-21(27)24-17-9-10-19-18(11-17)23(29)25(5)13-20(30-6)15(3)12-26(22(28)8-2)16(4)14-31-19/h9-11,15-16,20H,7-8,12-14H2,1-6H3,(H,24,27)/t15-,16+,20-/m1/s1. The molecule has 2 rings (SSSR count). The average molecular weight is 434 g/mol. The van der Waals surface area contributed by atoms with Crippen LogP contribution in [-0.4, -0.2) is 73.5 Å². The summed E-state index contributed by atoms with van der Waals surface area (Å²) in [5, 5.41) is 2.79. The predicted octanol–water partition coefficient (Wildman–Crippen LogP) is 2.78. The van der Waals surface area contributed by atoms with Crippen LogP contribution in [0.4, 0.5) is 5.69 Å². The zero-order chi connectivity index (χ0) is 23.1. The van der Waals surface area contributed by atoms with E-state index in [1.807, 2.05) is 25.7 Å². The monoisotopic (exact) mass is 433 g/mol. The summed E-state index contributed by atoms with van der Waals surface area (Å²) in [5.74, 6) is 0.145. The summed E-state index contributed by atoms with van der Waals surface area (Å²) in [7, 11) is 3.34. The molecule has 1 heterocycles. The number of carbonyl (C=O) groups is 3. The largest absolute Gasteiger partial charge is 0.491 e. The number of amides is 3. The number of nitrogens with one attached hydrogen (secondary N) is 1. The van der Waals surface area contributed by atoms with Crippen LogP contribution < -0.4 is 10.1 Å². The van der Waals surface area contributed by atoms with Gasteiger partial charge in [-0.1, -0.05) is 20.8 Å². The second-order valence-corrected chi connectivity index (χ2v) is 8.11. The van der Waals surface area contributed by atoms with Crippen LogP contribution in [0.1, 0.15) is 50.9 Å². The van der Waals surface area contributed by atoms with E-state index >= 15 is 0 Å². The summed E-state index contributed by atoms with van der Waals surface area (Å²) in [6, 6.07) is 4.86. The van der Waals surface area contributed by atoms with E-state index in [1.165, 1.54) is 0 Å². The first-order valence-electron chi connectivity index (χ1n) is 10.9. The van der Waals surface area contributed by atoms with Crippen molar-refractivity contribution in [2.45, 2.75) is 52.7 Å². The van der Waals surface area contributed by atoms with Gasteiger partial charge in [-0.3, -0.25) is 14.4 Å². The van der Waals surface area contributed by atoms with E-state index in [2.05, 4.69) is 5.32 Å². The van der Waals surface area contributed by atoms with Crippen molar-refractivity contribution in [2.75, 3.05) is 39.2 Å². The first-order chi connectivity index (χ1) is 14.7. The number of hydrogen-bond donors (Lipinski definition) is 1. The Hall–Kier alpha value is -2.61. The summed E-state index contributed by atoms with van der Waals surface area (Å²) in [4.78, 5) is 41.1. The number of methoxy groups -OCH3 is 1. The Kier molecular flexibility index (Phi) is 8.86. The van der Waals surface area contributed by atoms with Crippen molar-refractivity contribution in [3.8, 4) is 5.75 Å². The normalized spacial score (nSPS) is 22.6. The number of nitrogens with zero attached hydrogens (tertiary/aromatic N) is 2. The van der Waals surface area contributed by atoms with E-state index in [-0.39, 0.29) is 42.4 Å². The molecular formula is C23H35N3O5. The third kappa shape index (κ3) is 6.19. The number of ether oxygens (including phenoxy) is 2. The number of fused-ring (bicyclic) bond motifs is 1. The molecule has 0 saturated carbocycles. The van der Waals surface area contributed by atoms with Crippen molar-refractivity contribution in [1.82, 2.24) is 9.80 Å². The first-order valence-corrected chi connectivity index (χ1v) is 10.9. The van der Waals surface area contributed by atoms with Gasteiger partial charge >= 0.3 is 0 Å². The molecule has 1 aromatic rings. The highest BCUT2D eigenvalue weighted by Crippen LogP contribution is 2.26. The summed E-state index contributed by atoms with van der Waals surface area (Å²) in [6.07, 6.45) is 0.512. The van der Waals surface area contributed by atoms with Crippen LogP contribution in [0.3, 0.4) is 0 Å². The van der Waals surface area contributed by atoms with Crippen LogP contribution in [0, 0.1) is 5.92 Å². The van der Waals surface area contributed by atoms with Gasteiger partial charge in [0.05, 0.1) is 17.7 Å². The lowest BCUT2D eigenvalue weighted by Crippen LogP contribution is -2.48. The van der Waals surface area contributed by atoms with Crippen LogP contribution in [0.25, 0.3) is 0 Å². The van der Waals surface area contributed by atoms with E-state index in [9.17, 15) is 14.4 Å². The van der Waals surface area contributed by atoms with Gasteiger partial charge in [-0.05, 0) is 25.1 Å². The minimum absolute atomic E-state index is 0.0206. The van der Waals surface area contributed by atoms with Gasteiger partial charge in [-0.2, -0.15) is 0 Å². The summed E-state index contributed by atoms with van der Waals surface area (Å²) >= 11 is 0. The van der Waals surface area contributed by atoms with E-state index in [1.54, 1.807) is 44.2 Å². The molecular weight excluding hydrogens is 398 g/mol. The van der Waals surface area contributed by atoms with Gasteiger partial charge in [0, 0.05) is 51.7 Å². The van der Waals surface area contributed by atoms with Crippen molar-refractivity contribution in [3.63, 3.8) is 0 Å². The number of carbonyl (C=O) groups excluding carboxylic acids is 3. The van der Waals surface area contributed by atoms with E-state index < -0.39 is 0 Å². The molecule has 8 heteroatoms. The molecule has 8 nitrogen and oxygen atoms in total. The Morgan fingerprint density at radius 1 is 1.19 bits per heavy atom. The predicted molar refractivity (Wildman–Crippen MR) is 119 cm³/mol. The molecule has 172 valence electrons. The molecule has 1 N–H and O–H groups in total. The molecule has 1 aliphatic rings. The fourth-order valence-corrected chi connectivity index (χ4v) is 3.65. The lowest BCUT2D eigenvalue weighted by molar-refractivity contribution is -0.135. The topological polar surface area (TPSA) is 88.2 Å². The highest BCUT2D eigenvalue weighted by atomic mass is 16.5. The van der Waals surface area contributed by atoms with E-state index in [4.69, 9.17) is 9.47 Å². The zero-order valence-electron chi connectivity index (χ0n) is 19.4. The van der Waals surface area contributed by atoms with E-state index in [0.29, 0.717) is 42.9 Å². The number of anilines is 1. The number of hydrogen-bond acceptors (Lipinski definition) is 5.